The van der Waals surface area contributed by atoms with E-state index in [1.54, 1.807) is 92.0 Å². The molecule has 0 saturated heterocycles. The van der Waals surface area contributed by atoms with Crippen LogP contribution in [0, 0.1) is 0 Å². The third-order valence-electron chi connectivity index (χ3n) is 6.29. The standard InChI is InChI=1S/C32H26N4O5/c1-40-25-10-5-8-23(18-25)33-31(38)20-13-15-22(16-14-20)35-36-29-27-12-4-3-7-21(27)17-28(30(29)37)32(39)34-24-9-6-11-26(19-24)41-2/h3-19,37H,1-2H3,(H,33,38)(H,34,39). The Morgan fingerprint density at radius 1 is 0.683 bits per heavy atom. The highest BCUT2D eigenvalue weighted by Crippen LogP contribution is 2.39. The Balaban J connectivity index is 1.39. The molecule has 0 spiro atoms. The van der Waals surface area contributed by atoms with Crippen molar-refractivity contribution in [1.29, 1.82) is 0 Å². The Kier molecular flexibility index (Phi) is 7.87. The van der Waals surface area contributed by atoms with Gasteiger partial charge in [-0.05, 0) is 60.0 Å². The van der Waals surface area contributed by atoms with Crippen LogP contribution in [0.4, 0.5) is 22.7 Å². The first-order chi connectivity index (χ1) is 19.9. The summed E-state index contributed by atoms with van der Waals surface area (Å²) < 4.78 is 10.4. The third kappa shape index (κ3) is 6.15. The van der Waals surface area contributed by atoms with Crippen LogP contribution in [0.15, 0.2) is 113 Å². The first kappa shape index (κ1) is 26.9. The van der Waals surface area contributed by atoms with Gasteiger partial charge in [-0.15, -0.1) is 5.11 Å². The molecule has 9 nitrogen and oxygen atoms in total. The van der Waals surface area contributed by atoms with Crippen LogP contribution >= 0.6 is 0 Å². The molecule has 2 amide bonds. The van der Waals surface area contributed by atoms with Gasteiger partial charge < -0.3 is 25.2 Å². The highest BCUT2D eigenvalue weighted by molar-refractivity contribution is 6.11. The largest absolute Gasteiger partial charge is 0.505 e. The highest BCUT2D eigenvalue weighted by Gasteiger charge is 2.19. The summed E-state index contributed by atoms with van der Waals surface area (Å²) in [6.07, 6.45) is 0. The monoisotopic (exact) mass is 546 g/mol. The van der Waals surface area contributed by atoms with Crippen molar-refractivity contribution in [3.05, 3.63) is 114 Å². The summed E-state index contributed by atoms with van der Waals surface area (Å²) in [7, 11) is 3.10. The number of amides is 2. The van der Waals surface area contributed by atoms with Crippen molar-refractivity contribution in [3.63, 3.8) is 0 Å². The summed E-state index contributed by atoms with van der Waals surface area (Å²) >= 11 is 0. The number of aromatic hydroxyl groups is 1. The molecular weight excluding hydrogens is 520 g/mol. The Morgan fingerprint density at radius 2 is 1.29 bits per heavy atom. The van der Waals surface area contributed by atoms with Gasteiger partial charge in [0, 0.05) is 34.5 Å². The van der Waals surface area contributed by atoms with Gasteiger partial charge in [0.15, 0.2) is 5.75 Å². The molecule has 5 rings (SSSR count). The lowest BCUT2D eigenvalue weighted by atomic mass is 10.0. The number of carbonyl (C=O) groups excluding carboxylic acids is 2. The Bertz CT molecular complexity index is 1770. The average Bonchev–Trinajstić information content (AvgIpc) is 3.00. The fourth-order valence-electron chi connectivity index (χ4n) is 4.18. The Labute approximate surface area is 236 Å². The lowest BCUT2D eigenvalue weighted by molar-refractivity contribution is 0.101. The molecule has 5 aromatic rings. The number of ether oxygens (including phenoxy) is 2. The number of phenols is 1. The summed E-state index contributed by atoms with van der Waals surface area (Å²) in [5, 5.41) is 26.6. The number of hydrogen-bond acceptors (Lipinski definition) is 7. The number of nitrogens with one attached hydrogen (secondary N) is 2. The van der Waals surface area contributed by atoms with Crippen LogP contribution in [0.2, 0.25) is 0 Å². The van der Waals surface area contributed by atoms with Crippen molar-refractivity contribution in [3.8, 4) is 17.2 Å². The average molecular weight is 547 g/mol. The van der Waals surface area contributed by atoms with Crippen LogP contribution in [0.3, 0.4) is 0 Å². The second-order valence-electron chi connectivity index (χ2n) is 8.96. The van der Waals surface area contributed by atoms with Crippen LogP contribution in [0.1, 0.15) is 20.7 Å². The SMILES string of the molecule is COc1cccc(NC(=O)c2ccc(N=Nc3c(O)c(C(=O)Nc4cccc(OC)c4)cc4ccccc34)cc2)c1. The molecule has 0 unspecified atom stereocenters. The van der Waals surface area contributed by atoms with Crippen molar-refractivity contribution < 1.29 is 24.2 Å². The minimum atomic E-state index is -0.510. The number of anilines is 2. The van der Waals surface area contributed by atoms with E-state index in [1.165, 1.54) is 7.11 Å². The van der Waals surface area contributed by atoms with Crippen LogP contribution in [0.25, 0.3) is 10.8 Å². The number of azo groups is 1. The van der Waals surface area contributed by atoms with Gasteiger partial charge in [-0.2, -0.15) is 5.11 Å². The van der Waals surface area contributed by atoms with Gasteiger partial charge >= 0.3 is 0 Å². The molecule has 3 N–H and O–H groups in total. The second kappa shape index (κ2) is 12.0. The minimum Gasteiger partial charge on any atom is -0.505 e. The van der Waals surface area contributed by atoms with Gasteiger partial charge in [0.05, 0.1) is 25.5 Å². The number of carbonyl (C=O) groups is 2. The quantitative estimate of drug-likeness (QED) is 0.174. The molecule has 204 valence electrons. The molecule has 41 heavy (non-hydrogen) atoms. The molecular formula is C32H26N4O5. The molecule has 0 bridgehead atoms. The van der Waals surface area contributed by atoms with Crippen LogP contribution < -0.4 is 20.1 Å². The number of rotatable bonds is 8. The minimum absolute atomic E-state index is 0.0463. The number of methoxy groups -OCH3 is 2. The summed E-state index contributed by atoms with van der Waals surface area (Å²) in [5.41, 5.74) is 2.20. The van der Waals surface area contributed by atoms with Crippen LogP contribution in [0.5, 0.6) is 17.2 Å². The van der Waals surface area contributed by atoms with Crippen molar-refractivity contribution >= 4 is 45.3 Å². The summed E-state index contributed by atoms with van der Waals surface area (Å²) in [6, 6.07) is 29.4. The van der Waals surface area contributed by atoms with E-state index in [2.05, 4.69) is 20.9 Å². The molecule has 0 aliphatic carbocycles. The van der Waals surface area contributed by atoms with E-state index < -0.39 is 5.91 Å². The molecule has 0 radical (unpaired) electrons. The Hall–Kier alpha value is -5.70. The lowest BCUT2D eigenvalue weighted by Gasteiger charge is -2.11. The van der Waals surface area contributed by atoms with Crippen LogP contribution in [-0.4, -0.2) is 31.1 Å². The van der Waals surface area contributed by atoms with E-state index in [0.717, 1.165) is 0 Å². The van der Waals surface area contributed by atoms with Crippen molar-refractivity contribution in [1.82, 2.24) is 0 Å². The molecule has 0 saturated carbocycles. The number of benzene rings is 5. The lowest BCUT2D eigenvalue weighted by Crippen LogP contribution is -2.12. The zero-order chi connectivity index (χ0) is 28.8. The molecule has 0 fully saturated rings. The van der Waals surface area contributed by atoms with Gasteiger partial charge in [-0.25, -0.2) is 0 Å². The number of hydrogen-bond donors (Lipinski definition) is 3. The van der Waals surface area contributed by atoms with Crippen LogP contribution in [-0.2, 0) is 0 Å². The zero-order valence-corrected chi connectivity index (χ0v) is 22.3. The molecule has 0 aliphatic heterocycles. The van der Waals surface area contributed by atoms with E-state index in [0.29, 0.717) is 44.9 Å². The number of fused-ring (bicyclic) bond motifs is 1. The van der Waals surface area contributed by atoms with Gasteiger partial charge in [-0.1, -0.05) is 36.4 Å². The number of phenolic OH excluding ortho intramolecular Hbond substituents is 1. The van der Waals surface area contributed by atoms with Crippen molar-refractivity contribution in [2.45, 2.75) is 0 Å². The summed E-state index contributed by atoms with van der Waals surface area (Å²) in [4.78, 5) is 25.8. The predicted molar refractivity (Wildman–Crippen MR) is 158 cm³/mol. The fourth-order valence-corrected chi connectivity index (χ4v) is 4.18. The summed E-state index contributed by atoms with van der Waals surface area (Å²) in [5.74, 6) is 0.117. The first-order valence-electron chi connectivity index (χ1n) is 12.6. The van der Waals surface area contributed by atoms with E-state index in [-0.39, 0.29) is 22.9 Å². The molecule has 5 aromatic carbocycles. The highest BCUT2D eigenvalue weighted by atomic mass is 16.5. The normalized spacial score (nSPS) is 10.9. The van der Waals surface area contributed by atoms with E-state index in [4.69, 9.17) is 9.47 Å². The van der Waals surface area contributed by atoms with Crippen molar-refractivity contribution in [2.24, 2.45) is 10.2 Å². The zero-order valence-electron chi connectivity index (χ0n) is 22.3. The van der Waals surface area contributed by atoms with Gasteiger partial charge in [-0.3, -0.25) is 9.59 Å². The topological polar surface area (TPSA) is 122 Å². The van der Waals surface area contributed by atoms with E-state index in [1.807, 2.05) is 18.2 Å². The van der Waals surface area contributed by atoms with E-state index >= 15 is 0 Å². The van der Waals surface area contributed by atoms with Gasteiger partial charge in [0.2, 0.25) is 0 Å². The molecule has 0 aliphatic rings. The molecule has 0 heterocycles. The van der Waals surface area contributed by atoms with Crippen molar-refractivity contribution in [2.75, 3.05) is 24.9 Å². The van der Waals surface area contributed by atoms with Gasteiger partial charge in [0.1, 0.15) is 17.2 Å². The third-order valence-corrected chi connectivity index (χ3v) is 6.29. The smallest absolute Gasteiger partial charge is 0.259 e. The predicted octanol–water partition coefficient (Wildman–Crippen LogP) is 7.48. The maximum atomic E-state index is 13.1. The van der Waals surface area contributed by atoms with E-state index in [9.17, 15) is 14.7 Å². The number of nitrogens with zero attached hydrogens (tertiary/aromatic N) is 2. The first-order valence-corrected chi connectivity index (χ1v) is 12.6. The maximum Gasteiger partial charge on any atom is 0.259 e. The molecule has 0 aromatic heterocycles. The molecule has 9 heteroatoms. The molecule has 0 atom stereocenters. The Morgan fingerprint density at radius 3 is 1.93 bits per heavy atom. The summed E-state index contributed by atoms with van der Waals surface area (Å²) in [6.45, 7) is 0. The maximum absolute atomic E-state index is 13.1. The second-order valence-corrected chi connectivity index (χ2v) is 8.96. The fraction of sp³-hybridized carbons (Fsp3) is 0.0625. The van der Waals surface area contributed by atoms with Gasteiger partial charge in [0.25, 0.3) is 11.8 Å².